The summed E-state index contributed by atoms with van der Waals surface area (Å²) in [4.78, 5) is 0. The number of hydrogen-bond donors (Lipinski definition) is 1. The van der Waals surface area contributed by atoms with Crippen molar-refractivity contribution in [3.63, 3.8) is 0 Å². The van der Waals surface area contributed by atoms with E-state index in [2.05, 4.69) is 15.9 Å². The molecular weight excluding hydrogens is 249 g/mol. The molecule has 0 amide bonds. The zero-order chi connectivity index (χ0) is 10.1. The highest BCUT2D eigenvalue weighted by molar-refractivity contribution is 9.10. The van der Waals surface area contributed by atoms with Gasteiger partial charge in [0.2, 0.25) is 0 Å². The number of nitrogens with two attached hydrogens (primary N) is 1. The van der Waals surface area contributed by atoms with E-state index in [1.807, 2.05) is 0 Å². The quantitative estimate of drug-likeness (QED) is 0.794. The van der Waals surface area contributed by atoms with E-state index < -0.39 is 0 Å². The van der Waals surface area contributed by atoms with Crippen LogP contribution in [0.4, 0.5) is 10.1 Å². The van der Waals surface area contributed by atoms with Crippen LogP contribution in [0, 0.1) is 5.82 Å². The van der Waals surface area contributed by atoms with Crippen LogP contribution in [0.25, 0.3) is 11.3 Å². The van der Waals surface area contributed by atoms with Crippen molar-refractivity contribution in [1.82, 2.24) is 0 Å². The lowest BCUT2D eigenvalue weighted by Gasteiger charge is -2.02. The summed E-state index contributed by atoms with van der Waals surface area (Å²) in [7, 11) is 0. The number of hydrogen-bond acceptors (Lipinski definition) is 2. The summed E-state index contributed by atoms with van der Waals surface area (Å²) in [5.74, 6) is 0.261. The number of anilines is 1. The van der Waals surface area contributed by atoms with Crippen molar-refractivity contribution in [2.75, 3.05) is 5.73 Å². The van der Waals surface area contributed by atoms with E-state index in [1.165, 1.54) is 12.1 Å². The summed E-state index contributed by atoms with van der Waals surface area (Å²) >= 11 is 3.31. The molecule has 2 rings (SSSR count). The Morgan fingerprint density at radius 3 is 2.64 bits per heavy atom. The second kappa shape index (κ2) is 3.46. The molecule has 0 bridgehead atoms. The third-order valence-corrected chi connectivity index (χ3v) is 2.50. The highest BCUT2D eigenvalue weighted by Gasteiger charge is 2.10. The maximum Gasteiger partial charge on any atom is 0.150 e. The molecule has 0 saturated heterocycles. The Kier molecular flexibility index (Phi) is 2.29. The van der Waals surface area contributed by atoms with Gasteiger partial charge in [0, 0.05) is 11.3 Å². The van der Waals surface area contributed by atoms with E-state index in [0.29, 0.717) is 17.0 Å². The van der Waals surface area contributed by atoms with Gasteiger partial charge in [0.1, 0.15) is 11.6 Å². The molecular formula is C10H7BrFNO. The zero-order valence-corrected chi connectivity index (χ0v) is 8.71. The molecule has 2 nitrogen and oxygen atoms in total. The molecule has 1 heterocycles. The Labute approximate surface area is 88.7 Å². The normalized spacial score (nSPS) is 10.4. The van der Waals surface area contributed by atoms with Gasteiger partial charge in [0.25, 0.3) is 0 Å². The van der Waals surface area contributed by atoms with Crippen LogP contribution in [0.15, 0.2) is 39.4 Å². The fourth-order valence-corrected chi connectivity index (χ4v) is 1.64. The summed E-state index contributed by atoms with van der Waals surface area (Å²) in [5.41, 5.74) is 6.71. The minimum Gasteiger partial charge on any atom is -0.463 e. The Balaban J connectivity index is 2.58. The third-order valence-electron chi connectivity index (χ3n) is 1.88. The van der Waals surface area contributed by atoms with E-state index in [9.17, 15) is 4.39 Å². The van der Waals surface area contributed by atoms with Gasteiger partial charge in [-0.2, -0.15) is 0 Å². The molecule has 0 fully saturated rings. The highest BCUT2D eigenvalue weighted by atomic mass is 79.9. The van der Waals surface area contributed by atoms with Crippen molar-refractivity contribution in [1.29, 1.82) is 0 Å². The van der Waals surface area contributed by atoms with E-state index in [4.69, 9.17) is 10.2 Å². The van der Waals surface area contributed by atoms with Gasteiger partial charge >= 0.3 is 0 Å². The van der Waals surface area contributed by atoms with Gasteiger partial charge in [-0.25, -0.2) is 4.39 Å². The summed E-state index contributed by atoms with van der Waals surface area (Å²) in [6.45, 7) is 0. The van der Waals surface area contributed by atoms with Gasteiger partial charge in [-0.15, -0.1) is 0 Å². The van der Waals surface area contributed by atoms with E-state index >= 15 is 0 Å². The minimum atomic E-state index is -0.353. The van der Waals surface area contributed by atoms with Crippen LogP contribution < -0.4 is 5.73 Å². The predicted octanol–water partition coefficient (Wildman–Crippen LogP) is 3.43. The molecule has 0 atom stereocenters. The zero-order valence-electron chi connectivity index (χ0n) is 7.13. The molecule has 4 heteroatoms. The number of furan rings is 1. The summed E-state index contributed by atoms with van der Waals surface area (Å²) in [6.07, 6.45) is 1.54. The van der Waals surface area contributed by atoms with Crippen LogP contribution in [0.5, 0.6) is 0 Å². The van der Waals surface area contributed by atoms with Gasteiger partial charge in [0.05, 0.1) is 10.7 Å². The largest absolute Gasteiger partial charge is 0.463 e. The molecule has 14 heavy (non-hydrogen) atoms. The first-order valence-electron chi connectivity index (χ1n) is 3.97. The van der Waals surface area contributed by atoms with Crippen LogP contribution >= 0.6 is 15.9 Å². The van der Waals surface area contributed by atoms with Crippen LogP contribution in [-0.4, -0.2) is 0 Å². The molecule has 0 unspecified atom stereocenters. The maximum absolute atomic E-state index is 12.8. The molecule has 2 aromatic rings. The van der Waals surface area contributed by atoms with Crippen LogP contribution in [0.1, 0.15) is 0 Å². The second-order valence-corrected chi connectivity index (χ2v) is 3.68. The van der Waals surface area contributed by atoms with Crippen molar-refractivity contribution in [2.24, 2.45) is 0 Å². The molecule has 0 aliphatic carbocycles. The first-order chi connectivity index (χ1) is 6.68. The lowest BCUT2D eigenvalue weighted by atomic mass is 10.1. The smallest absolute Gasteiger partial charge is 0.150 e. The summed E-state index contributed by atoms with van der Waals surface area (Å²) in [6, 6.07) is 5.97. The molecule has 2 N–H and O–H groups in total. The Morgan fingerprint density at radius 2 is 2.07 bits per heavy atom. The standard InChI is InChI=1S/C10H7BrFNO/c11-8-3-4-14-10(8)7-2-1-6(12)5-9(7)13/h1-5H,13H2. The topological polar surface area (TPSA) is 39.2 Å². The Morgan fingerprint density at radius 1 is 1.29 bits per heavy atom. The summed E-state index contributed by atoms with van der Waals surface area (Å²) < 4.78 is 18.8. The van der Waals surface area contributed by atoms with Crippen LogP contribution in [-0.2, 0) is 0 Å². The molecule has 0 aliphatic rings. The first-order valence-corrected chi connectivity index (χ1v) is 4.76. The van der Waals surface area contributed by atoms with Crippen molar-refractivity contribution in [2.45, 2.75) is 0 Å². The van der Waals surface area contributed by atoms with Crippen LogP contribution in [0.3, 0.4) is 0 Å². The molecule has 72 valence electrons. The number of benzene rings is 1. The van der Waals surface area contributed by atoms with Gasteiger partial charge in [-0.3, -0.25) is 0 Å². The predicted molar refractivity (Wildman–Crippen MR) is 56.2 cm³/mol. The maximum atomic E-state index is 12.8. The third kappa shape index (κ3) is 1.53. The minimum absolute atomic E-state index is 0.353. The number of halogens is 2. The monoisotopic (exact) mass is 255 g/mol. The van der Waals surface area contributed by atoms with Crippen molar-refractivity contribution in [3.05, 3.63) is 40.8 Å². The van der Waals surface area contributed by atoms with Crippen molar-refractivity contribution in [3.8, 4) is 11.3 Å². The fraction of sp³-hybridized carbons (Fsp3) is 0. The first kappa shape index (κ1) is 9.27. The Hall–Kier alpha value is -1.29. The average molecular weight is 256 g/mol. The van der Waals surface area contributed by atoms with Crippen LogP contribution in [0.2, 0.25) is 0 Å². The molecule has 1 aromatic carbocycles. The summed E-state index contributed by atoms with van der Waals surface area (Å²) in [5, 5.41) is 0. The molecule has 0 aliphatic heterocycles. The van der Waals surface area contributed by atoms with E-state index in [1.54, 1.807) is 18.4 Å². The van der Waals surface area contributed by atoms with E-state index in [-0.39, 0.29) is 5.82 Å². The van der Waals surface area contributed by atoms with Gasteiger partial charge in [-0.05, 0) is 40.2 Å². The lowest BCUT2D eigenvalue weighted by Crippen LogP contribution is -1.90. The molecule has 0 radical (unpaired) electrons. The highest BCUT2D eigenvalue weighted by Crippen LogP contribution is 2.33. The molecule has 0 saturated carbocycles. The average Bonchev–Trinajstić information content (AvgIpc) is 2.52. The Bertz CT molecular complexity index is 467. The van der Waals surface area contributed by atoms with Crippen molar-refractivity contribution < 1.29 is 8.81 Å². The number of nitrogen functional groups attached to an aromatic ring is 1. The lowest BCUT2D eigenvalue weighted by molar-refractivity contribution is 0.581. The van der Waals surface area contributed by atoms with E-state index in [0.717, 1.165) is 4.47 Å². The van der Waals surface area contributed by atoms with Gasteiger partial charge < -0.3 is 10.2 Å². The fourth-order valence-electron chi connectivity index (χ4n) is 1.23. The van der Waals surface area contributed by atoms with Gasteiger partial charge in [-0.1, -0.05) is 0 Å². The number of rotatable bonds is 1. The SMILES string of the molecule is Nc1cc(F)ccc1-c1occc1Br. The molecule has 0 spiro atoms. The van der Waals surface area contributed by atoms with Crippen molar-refractivity contribution >= 4 is 21.6 Å². The molecule has 1 aromatic heterocycles. The van der Waals surface area contributed by atoms with Gasteiger partial charge in [0.15, 0.2) is 0 Å². The second-order valence-electron chi connectivity index (χ2n) is 2.83.